The molecular weight excluding hydrogens is 296 g/mol. The fourth-order valence-electron chi connectivity index (χ4n) is 2.00. The zero-order chi connectivity index (χ0) is 17.4. The molecular formula is C17H24N2O4. The van der Waals surface area contributed by atoms with Gasteiger partial charge in [-0.05, 0) is 38.0 Å². The second-order valence-electron chi connectivity index (χ2n) is 5.42. The van der Waals surface area contributed by atoms with E-state index in [1.807, 2.05) is 32.0 Å². The first-order valence-electron chi connectivity index (χ1n) is 7.60. The third-order valence-electron chi connectivity index (χ3n) is 3.32. The van der Waals surface area contributed by atoms with E-state index in [4.69, 9.17) is 4.74 Å². The van der Waals surface area contributed by atoms with Gasteiger partial charge in [-0.1, -0.05) is 12.1 Å². The topological polar surface area (TPSA) is 75.7 Å². The van der Waals surface area contributed by atoms with Gasteiger partial charge in [-0.3, -0.25) is 14.4 Å². The fraction of sp³-hybridized carbons (Fsp3) is 0.471. The molecule has 0 aliphatic rings. The predicted octanol–water partition coefficient (Wildman–Crippen LogP) is 2.04. The van der Waals surface area contributed by atoms with E-state index < -0.39 is 5.97 Å². The summed E-state index contributed by atoms with van der Waals surface area (Å²) in [6.07, 6.45) is 0.0572. The quantitative estimate of drug-likeness (QED) is 0.780. The van der Waals surface area contributed by atoms with Crippen molar-refractivity contribution in [3.63, 3.8) is 0 Å². The number of nitrogens with one attached hydrogen (secondary N) is 1. The molecule has 0 saturated heterocycles. The van der Waals surface area contributed by atoms with Gasteiger partial charge in [0.25, 0.3) is 0 Å². The molecule has 0 aromatic heterocycles. The van der Waals surface area contributed by atoms with Crippen LogP contribution in [0.2, 0.25) is 0 Å². The molecule has 6 heteroatoms. The van der Waals surface area contributed by atoms with Crippen LogP contribution in [0, 0.1) is 13.8 Å². The van der Waals surface area contributed by atoms with Crippen LogP contribution in [0.4, 0.5) is 5.69 Å². The Morgan fingerprint density at radius 2 is 1.87 bits per heavy atom. The normalized spacial score (nSPS) is 10.1. The van der Waals surface area contributed by atoms with Crippen LogP contribution in [0.3, 0.4) is 0 Å². The van der Waals surface area contributed by atoms with Crippen LogP contribution in [0.1, 0.15) is 30.9 Å². The lowest BCUT2D eigenvalue weighted by molar-refractivity contribution is -0.145. The lowest BCUT2D eigenvalue weighted by Crippen LogP contribution is -2.35. The summed E-state index contributed by atoms with van der Waals surface area (Å²) in [5.74, 6) is -0.950. The van der Waals surface area contributed by atoms with Crippen molar-refractivity contribution >= 4 is 23.5 Å². The van der Waals surface area contributed by atoms with Gasteiger partial charge >= 0.3 is 5.97 Å². The van der Waals surface area contributed by atoms with Crippen molar-refractivity contribution in [2.75, 3.05) is 25.5 Å². The van der Waals surface area contributed by atoms with E-state index in [0.29, 0.717) is 6.61 Å². The molecule has 0 heterocycles. The summed E-state index contributed by atoms with van der Waals surface area (Å²) in [6, 6.07) is 5.78. The maximum absolute atomic E-state index is 12.0. The van der Waals surface area contributed by atoms with Gasteiger partial charge in [0.05, 0.1) is 19.6 Å². The van der Waals surface area contributed by atoms with Gasteiger partial charge in [0.2, 0.25) is 11.8 Å². The Kier molecular flexibility index (Phi) is 7.25. The second-order valence-corrected chi connectivity index (χ2v) is 5.42. The second kappa shape index (κ2) is 8.92. The van der Waals surface area contributed by atoms with Crippen molar-refractivity contribution in [3.05, 3.63) is 29.3 Å². The highest BCUT2D eigenvalue weighted by molar-refractivity contribution is 5.95. The zero-order valence-corrected chi connectivity index (χ0v) is 14.1. The van der Waals surface area contributed by atoms with Gasteiger partial charge in [-0.2, -0.15) is 0 Å². The molecule has 0 fully saturated rings. The Labute approximate surface area is 136 Å². The van der Waals surface area contributed by atoms with Crippen LogP contribution in [0.5, 0.6) is 0 Å². The SMILES string of the molecule is CCOC(=O)CCC(=O)N(C)CC(=O)Nc1cc(C)ccc1C. The smallest absolute Gasteiger partial charge is 0.306 e. The number of carbonyl (C=O) groups is 3. The van der Waals surface area contributed by atoms with E-state index in [9.17, 15) is 14.4 Å². The summed E-state index contributed by atoms with van der Waals surface area (Å²) in [4.78, 5) is 36.5. The van der Waals surface area contributed by atoms with E-state index >= 15 is 0 Å². The summed E-state index contributed by atoms with van der Waals surface area (Å²) in [7, 11) is 1.54. The first kappa shape index (κ1) is 18.7. The maximum atomic E-state index is 12.0. The minimum absolute atomic E-state index is 0.0234. The fourth-order valence-corrected chi connectivity index (χ4v) is 2.00. The Balaban J connectivity index is 2.48. The molecule has 1 aromatic carbocycles. The number of carbonyl (C=O) groups excluding carboxylic acids is 3. The minimum atomic E-state index is -0.408. The van der Waals surface area contributed by atoms with Crippen molar-refractivity contribution in [1.29, 1.82) is 0 Å². The van der Waals surface area contributed by atoms with E-state index in [0.717, 1.165) is 16.8 Å². The molecule has 1 N–H and O–H groups in total. The zero-order valence-electron chi connectivity index (χ0n) is 14.1. The van der Waals surface area contributed by atoms with Crippen molar-refractivity contribution < 1.29 is 19.1 Å². The Hall–Kier alpha value is -2.37. The molecule has 0 aliphatic carbocycles. The number of anilines is 1. The Bertz CT molecular complexity index is 584. The molecule has 6 nitrogen and oxygen atoms in total. The molecule has 2 amide bonds. The molecule has 0 aliphatic heterocycles. The average Bonchev–Trinajstić information content (AvgIpc) is 2.48. The Morgan fingerprint density at radius 1 is 1.17 bits per heavy atom. The minimum Gasteiger partial charge on any atom is -0.466 e. The number of hydrogen-bond donors (Lipinski definition) is 1. The molecule has 1 rings (SSSR count). The molecule has 0 atom stereocenters. The number of amides is 2. The molecule has 0 saturated carbocycles. The van der Waals surface area contributed by atoms with Gasteiger partial charge in [-0.25, -0.2) is 0 Å². The summed E-state index contributed by atoms with van der Waals surface area (Å²) < 4.78 is 4.77. The van der Waals surface area contributed by atoms with Crippen LogP contribution < -0.4 is 5.32 Å². The molecule has 23 heavy (non-hydrogen) atoms. The predicted molar refractivity (Wildman–Crippen MR) is 88.0 cm³/mol. The maximum Gasteiger partial charge on any atom is 0.306 e. The molecule has 0 bridgehead atoms. The number of esters is 1. The van der Waals surface area contributed by atoms with Crippen molar-refractivity contribution in [3.8, 4) is 0 Å². The molecule has 0 spiro atoms. The van der Waals surface area contributed by atoms with Crippen LogP contribution >= 0.6 is 0 Å². The number of benzene rings is 1. The number of aryl methyl sites for hydroxylation is 2. The monoisotopic (exact) mass is 320 g/mol. The van der Waals surface area contributed by atoms with Crippen LogP contribution in [-0.4, -0.2) is 42.9 Å². The third-order valence-corrected chi connectivity index (χ3v) is 3.32. The van der Waals surface area contributed by atoms with Crippen molar-refractivity contribution in [2.24, 2.45) is 0 Å². The number of rotatable bonds is 7. The number of hydrogen-bond acceptors (Lipinski definition) is 4. The highest BCUT2D eigenvalue weighted by atomic mass is 16.5. The number of likely N-dealkylation sites (N-methyl/N-ethyl adjacent to an activating group) is 1. The first-order chi connectivity index (χ1) is 10.8. The van der Waals surface area contributed by atoms with E-state index in [1.54, 1.807) is 6.92 Å². The summed E-state index contributed by atoms with van der Waals surface area (Å²) in [5.41, 5.74) is 2.74. The highest BCUT2D eigenvalue weighted by Gasteiger charge is 2.15. The largest absolute Gasteiger partial charge is 0.466 e. The molecule has 0 unspecified atom stereocenters. The standard InChI is InChI=1S/C17H24N2O4/c1-5-23-17(22)9-8-16(21)19(4)11-15(20)18-14-10-12(2)6-7-13(14)3/h6-7,10H,5,8-9,11H2,1-4H3,(H,18,20). The van der Waals surface area contributed by atoms with Gasteiger partial charge in [-0.15, -0.1) is 0 Å². The van der Waals surface area contributed by atoms with E-state index in [-0.39, 0.29) is 31.2 Å². The molecule has 126 valence electrons. The lowest BCUT2D eigenvalue weighted by Gasteiger charge is -2.17. The third kappa shape index (κ3) is 6.50. The van der Waals surface area contributed by atoms with Crippen molar-refractivity contribution in [1.82, 2.24) is 4.90 Å². The van der Waals surface area contributed by atoms with Gasteiger partial charge in [0, 0.05) is 19.2 Å². The van der Waals surface area contributed by atoms with Crippen LogP contribution in [0.25, 0.3) is 0 Å². The number of ether oxygens (including phenoxy) is 1. The van der Waals surface area contributed by atoms with Crippen molar-refractivity contribution in [2.45, 2.75) is 33.6 Å². The van der Waals surface area contributed by atoms with Gasteiger partial charge in [0.15, 0.2) is 0 Å². The highest BCUT2D eigenvalue weighted by Crippen LogP contribution is 2.16. The van der Waals surface area contributed by atoms with E-state index in [1.165, 1.54) is 11.9 Å². The lowest BCUT2D eigenvalue weighted by atomic mass is 10.1. The van der Waals surface area contributed by atoms with Crippen LogP contribution in [0.15, 0.2) is 18.2 Å². The first-order valence-corrected chi connectivity index (χ1v) is 7.60. The average molecular weight is 320 g/mol. The van der Waals surface area contributed by atoms with Gasteiger partial charge < -0.3 is 15.0 Å². The Morgan fingerprint density at radius 3 is 2.52 bits per heavy atom. The summed E-state index contributed by atoms with van der Waals surface area (Å²) in [6.45, 7) is 5.79. The number of nitrogens with zero attached hydrogens (tertiary/aromatic N) is 1. The van der Waals surface area contributed by atoms with Gasteiger partial charge in [0.1, 0.15) is 0 Å². The molecule has 0 radical (unpaired) electrons. The van der Waals surface area contributed by atoms with Crippen LogP contribution in [-0.2, 0) is 19.1 Å². The molecule has 1 aromatic rings. The summed E-state index contributed by atoms with van der Waals surface area (Å²) in [5, 5.41) is 2.80. The van der Waals surface area contributed by atoms with E-state index in [2.05, 4.69) is 5.32 Å². The summed E-state index contributed by atoms with van der Waals surface area (Å²) >= 11 is 0.